The van der Waals surface area contributed by atoms with Gasteiger partial charge in [0.25, 0.3) is 0 Å². The summed E-state index contributed by atoms with van der Waals surface area (Å²) in [5, 5.41) is 12.3. The summed E-state index contributed by atoms with van der Waals surface area (Å²) in [6.45, 7) is 1.66. The Balaban J connectivity index is 1.17. The van der Waals surface area contributed by atoms with Gasteiger partial charge in [-0.3, -0.25) is 19.2 Å². The van der Waals surface area contributed by atoms with E-state index in [-0.39, 0.29) is 43.8 Å². The highest BCUT2D eigenvalue weighted by Crippen LogP contribution is 2.46. The number of allylic oxidation sites excluding steroid dienone is 2. The largest absolute Gasteiger partial charge is 0.497 e. The first-order valence-electron chi connectivity index (χ1n) is 20.8. The van der Waals surface area contributed by atoms with Crippen LogP contribution >= 0.6 is 0 Å². The maximum Gasteiger partial charge on any atom is 0.306 e. The minimum atomic E-state index is -1.16. The number of carbonyl (C=O) groups is 4. The maximum atomic E-state index is 13.5. The number of carboxylic acids is 1. The molecule has 12 nitrogen and oxygen atoms in total. The molecule has 1 saturated carbocycles. The van der Waals surface area contributed by atoms with Gasteiger partial charge >= 0.3 is 11.9 Å². The Labute approximate surface area is 347 Å². The number of rotatable bonds is 21. The van der Waals surface area contributed by atoms with Crippen LogP contribution in [0.3, 0.4) is 0 Å². The number of esters is 1. The number of unbranched alkanes of at least 4 members (excludes halogenated alkanes) is 2. The fourth-order valence-electron chi connectivity index (χ4n) is 8.73. The van der Waals surface area contributed by atoms with Gasteiger partial charge in [0.1, 0.15) is 22.8 Å². The van der Waals surface area contributed by atoms with Crippen molar-refractivity contribution in [3.63, 3.8) is 0 Å². The lowest BCUT2D eigenvalue weighted by molar-refractivity contribution is -0.157. The van der Waals surface area contributed by atoms with Crippen LogP contribution in [0.25, 0.3) is 0 Å². The van der Waals surface area contributed by atoms with Crippen molar-refractivity contribution in [3.05, 3.63) is 102 Å². The first-order valence-corrected chi connectivity index (χ1v) is 20.8. The normalized spacial score (nSPS) is 19.2. The number of carbonyl (C=O) groups excluding carboxylic acids is 3. The molecule has 1 heterocycles. The summed E-state index contributed by atoms with van der Waals surface area (Å²) >= 11 is 0. The van der Waals surface area contributed by atoms with Gasteiger partial charge in [-0.15, -0.1) is 0 Å². The molecule has 3 aromatic carbocycles. The SMILES string of the molecule is COc1ccc(C(OCC2(COC(=O)CCC(=O)O)CCN(C(=O)CCCCCNC(=O)C3CC4C=CC3C4)CC2)(c2ccc(OC)cc2)c2ccc(OC)cc2)cc1. The number of ether oxygens (including phenoxy) is 5. The number of fused-ring (bicyclic) bond motifs is 2. The van der Waals surface area contributed by atoms with Crippen LogP contribution in [0.15, 0.2) is 84.9 Å². The molecular weight excluding hydrogens is 753 g/mol. The molecule has 1 saturated heterocycles. The van der Waals surface area contributed by atoms with E-state index in [4.69, 9.17) is 23.7 Å². The van der Waals surface area contributed by atoms with E-state index in [1.165, 1.54) is 0 Å². The van der Waals surface area contributed by atoms with Gasteiger partial charge in [0, 0.05) is 37.4 Å². The molecule has 316 valence electrons. The Morgan fingerprint density at radius 3 is 1.75 bits per heavy atom. The van der Waals surface area contributed by atoms with E-state index in [1.54, 1.807) is 21.3 Å². The standard InChI is InChI=1S/C47H58N2O10/c1-55-38-16-10-35(11-17-38)47(36-12-18-39(56-2)19-13-36,37-14-20-40(57-3)21-15-37)59-32-46(31-58-44(53)23-22-43(51)52)24-27-49(28-25-46)42(50)7-5-4-6-26-48-45(54)41-30-33-8-9-34(41)29-33/h8-21,33-34,41H,4-7,22-32H2,1-3H3,(H,48,54)(H,51,52). The number of aliphatic carboxylic acids is 1. The highest BCUT2D eigenvalue weighted by Gasteiger charge is 2.44. The molecule has 2 aliphatic carbocycles. The van der Waals surface area contributed by atoms with Crippen molar-refractivity contribution in [1.29, 1.82) is 0 Å². The third-order valence-corrected chi connectivity index (χ3v) is 12.3. The monoisotopic (exact) mass is 810 g/mol. The van der Waals surface area contributed by atoms with Gasteiger partial charge < -0.3 is 39.0 Å². The van der Waals surface area contributed by atoms with E-state index in [2.05, 4.69) is 17.5 Å². The van der Waals surface area contributed by atoms with E-state index >= 15 is 0 Å². The molecule has 2 fully saturated rings. The number of piperidine rings is 1. The second-order valence-electron chi connectivity index (χ2n) is 16.1. The highest BCUT2D eigenvalue weighted by atomic mass is 16.5. The van der Waals surface area contributed by atoms with Gasteiger partial charge in [-0.1, -0.05) is 55.0 Å². The Bertz CT molecular complexity index is 1790. The molecule has 12 heteroatoms. The Kier molecular flexibility index (Phi) is 14.7. The van der Waals surface area contributed by atoms with E-state index in [0.717, 1.165) is 48.8 Å². The predicted molar refractivity (Wildman–Crippen MR) is 221 cm³/mol. The van der Waals surface area contributed by atoms with Gasteiger partial charge in [0.05, 0.1) is 47.4 Å². The third-order valence-electron chi connectivity index (χ3n) is 12.3. The summed E-state index contributed by atoms with van der Waals surface area (Å²) in [5.74, 6) is 1.64. The quantitative estimate of drug-likeness (QED) is 0.0502. The molecule has 0 radical (unpaired) electrons. The van der Waals surface area contributed by atoms with Crippen LogP contribution in [0.2, 0.25) is 0 Å². The van der Waals surface area contributed by atoms with Crippen LogP contribution in [-0.2, 0) is 34.3 Å². The van der Waals surface area contributed by atoms with Gasteiger partial charge in [0.15, 0.2) is 0 Å². The molecule has 2 amide bonds. The molecular formula is C47H58N2O10. The zero-order valence-corrected chi connectivity index (χ0v) is 34.5. The van der Waals surface area contributed by atoms with Crippen molar-refractivity contribution in [1.82, 2.24) is 10.2 Å². The van der Waals surface area contributed by atoms with E-state index in [9.17, 15) is 24.3 Å². The van der Waals surface area contributed by atoms with Crippen molar-refractivity contribution in [3.8, 4) is 17.2 Å². The van der Waals surface area contributed by atoms with E-state index in [1.807, 2.05) is 77.7 Å². The Morgan fingerprint density at radius 1 is 0.712 bits per heavy atom. The van der Waals surface area contributed by atoms with Crippen molar-refractivity contribution in [2.24, 2.45) is 23.2 Å². The van der Waals surface area contributed by atoms with Crippen LogP contribution < -0.4 is 19.5 Å². The number of nitrogens with zero attached hydrogens (tertiary/aromatic N) is 1. The fraction of sp³-hybridized carbons (Fsp3) is 0.489. The number of nitrogens with one attached hydrogen (secondary N) is 1. The number of hydrogen-bond acceptors (Lipinski definition) is 9. The molecule has 59 heavy (non-hydrogen) atoms. The molecule has 3 unspecified atom stereocenters. The molecule has 0 aromatic heterocycles. The van der Waals surface area contributed by atoms with Crippen molar-refractivity contribution in [2.75, 3.05) is 54.2 Å². The minimum Gasteiger partial charge on any atom is -0.497 e. The zero-order chi connectivity index (χ0) is 41.8. The average Bonchev–Trinajstić information content (AvgIpc) is 3.92. The topological polar surface area (TPSA) is 150 Å². The number of amides is 2. The van der Waals surface area contributed by atoms with Crippen LogP contribution in [-0.4, -0.2) is 87.9 Å². The molecule has 0 spiro atoms. The van der Waals surface area contributed by atoms with Crippen LogP contribution in [0.5, 0.6) is 17.2 Å². The number of hydrogen-bond donors (Lipinski definition) is 2. The van der Waals surface area contributed by atoms with E-state index < -0.39 is 23.0 Å². The second kappa shape index (κ2) is 20.1. The van der Waals surface area contributed by atoms with Gasteiger partial charge in [-0.2, -0.15) is 0 Å². The lowest BCUT2D eigenvalue weighted by Gasteiger charge is -2.44. The Morgan fingerprint density at radius 2 is 1.27 bits per heavy atom. The summed E-state index contributed by atoms with van der Waals surface area (Å²) in [4.78, 5) is 52.1. The van der Waals surface area contributed by atoms with Crippen LogP contribution in [0.1, 0.15) is 80.9 Å². The zero-order valence-electron chi connectivity index (χ0n) is 34.5. The summed E-state index contributed by atoms with van der Waals surface area (Å²) < 4.78 is 29.6. The lowest BCUT2D eigenvalue weighted by Crippen LogP contribution is -2.49. The maximum absolute atomic E-state index is 13.5. The van der Waals surface area contributed by atoms with Gasteiger partial charge in [-0.05, 0) is 103 Å². The molecule has 2 N–H and O–H groups in total. The van der Waals surface area contributed by atoms with Crippen molar-refractivity contribution < 1.29 is 48.0 Å². The van der Waals surface area contributed by atoms with E-state index in [0.29, 0.717) is 68.0 Å². The smallest absolute Gasteiger partial charge is 0.306 e. The number of methoxy groups -OCH3 is 3. The summed E-state index contributed by atoms with van der Waals surface area (Å²) in [5.41, 5.74) is 0.635. The summed E-state index contributed by atoms with van der Waals surface area (Å²) in [7, 11) is 4.85. The third kappa shape index (κ3) is 10.6. The second-order valence-corrected chi connectivity index (χ2v) is 16.1. The van der Waals surface area contributed by atoms with Crippen LogP contribution in [0.4, 0.5) is 0 Å². The summed E-state index contributed by atoms with van der Waals surface area (Å²) in [6.07, 6.45) is 9.71. The van der Waals surface area contributed by atoms with Gasteiger partial charge in [0.2, 0.25) is 11.8 Å². The van der Waals surface area contributed by atoms with Crippen molar-refractivity contribution >= 4 is 23.8 Å². The molecule has 3 aliphatic rings. The fourth-order valence-corrected chi connectivity index (χ4v) is 8.73. The number of likely N-dealkylation sites (tertiary alicyclic amines) is 1. The highest BCUT2D eigenvalue weighted by molar-refractivity contribution is 5.80. The predicted octanol–water partition coefficient (Wildman–Crippen LogP) is 6.93. The molecule has 6 rings (SSSR count). The van der Waals surface area contributed by atoms with Crippen molar-refractivity contribution in [2.45, 2.75) is 69.8 Å². The minimum absolute atomic E-state index is 0.00165. The van der Waals surface area contributed by atoms with Crippen LogP contribution in [0, 0.1) is 23.2 Å². The molecule has 2 bridgehead atoms. The Hall–Kier alpha value is -5.36. The summed E-state index contributed by atoms with van der Waals surface area (Å²) in [6, 6.07) is 23.1. The molecule has 3 aromatic rings. The number of carboxylic acid groups (broad SMARTS) is 1. The first-order chi connectivity index (χ1) is 28.6. The molecule has 3 atom stereocenters. The van der Waals surface area contributed by atoms with Gasteiger partial charge in [-0.25, -0.2) is 0 Å². The molecule has 1 aliphatic heterocycles. The lowest BCUT2D eigenvalue weighted by atomic mass is 9.77. The first kappa shape index (κ1) is 43.2. The number of benzene rings is 3. The average molecular weight is 811 g/mol.